The van der Waals surface area contributed by atoms with E-state index in [0.29, 0.717) is 19.3 Å². The molecule has 0 aromatic rings. The van der Waals surface area contributed by atoms with Crippen molar-refractivity contribution < 1.29 is 28.6 Å². The van der Waals surface area contributed by atoms with E-state index < -0.39 is 6.10 Å². The van der Waals surface area contributed by atoms with Gasteiger partial charge in [-0.1, -0.05) is 252 Å². The van der Waals surface area contributed by atoms with Crippen LogP contribution in [-0.4, -0.2) is 37.2 Å². The van der Waals surface area contributed by atoms with Gasteiger partial charge in [-0.25, -0.2) is 0 Å². The molecule has 0 aliphatic heterocycles. The molecular weight excluding hydrogens is 721 g/mol. The summed E-state index contributed by atoms with van der Waals surface area (Å²) in [6.45, 7) is 8.99. The van der Waals surface area contributed by atoms with Gasteiger partial charge in [0.25, 0.3) is 0 Å². The van der Waals surface area contributed by atoms with E-state index in [1.165, 1.54) is 186 Å². The Balaban J connectivity index is 4.27. The first kappa shape index (κ1) is 56.4. The molecule has 0 saturated carbocycles. The van der Waals surface area contributed by atoms with Crippen molar-refractivity contribution >= 4 is 17.9 Å². The minimum absolute atomic E-state index is 0.0631. The summed E-state index contributed by atoms with van der Waals surface area (Å²) in [6, 6.07) is 0. The number of hydrogen-bond acceptors (Lipinski definition) is 6. The lowest BCUT2D eigenvalue weighted by Gasteiger charge is -2.18. The number of hydrogen-bond donors (Lipinski definition) is 0. The lowest BCUT2D eigenvalue weighted by atomic mass is 10.0. The summed E-state index contributed by atoms with van der Waals surface area (Å²) in [5.41, 5.74) is 0. The standard InChI is InChI=1S/C52H100O6/c1-5-7-9-11-13-15-17-19-20-21-22-23-25-26-31-35-39-43-50(53)56-46-49(47-57-51(54)44-40-36-32-29-28-30-34-38-42-48(3)4)58-52(55)45-41-37-33-27-24-18-16-14-12-10-8-6-2/h48-49H,5-47H2,1-4H3/t49-/m1/s1. The molecule has 0 aliphatic rings. The second kappa shape index (κ2) is 46.5. The molecule has 344 valence electrons. The molecule has 0 rings (SSSR count). The van der Waals surface area contributed by atoms with Gasteiger partial charge in [0.1, 0.15) is 13.2 Å². The summed E-state index contributed by atoms with van der Waals surface area (Å²) in [4.78, 5) is 37.9. The molecule has 0 spiro atoms. The van der Waals surface area contributed by atoms with Gasteiger partial charge in [-0.05, 0) is 25.2 Å². The monoisotopic (exact) mass is 821 g/mol. The Morgan fingerprint density at radius 3 is 0.845 bits per heavy atom. The Bertz CT molecular complexity index is 872. The SMILES string of the molecule is CCCCCCCCCCCCCCCCCCCC(=O)OC[C@H](COC(=O)CCCCCCCCCCC(C)C)OC(=O)CCCCCCCCCCCCCC. The summed E-state index contributed by atoms with van der Waals surface area (Å²) >= 11 is 0. The van der Waals surface area contributed by atoms with Crippen molar-refractivity contribution in [3.63, 3.8) is 0 Å². The Morgan fingerprint density at radius 1 is 0.328 bits per heavy atom. The molecule has 0 saturated heterocycles. The molecule has 0 N–H and O–H groups in total. The molecule has 6 nitrogen and oxygen atoms in total. The highest BCUT2D eigenvalue weighted by atomic mass is 16.6. The van der Waals surface area contributed by atoms with Crippen LogP contribution in [0.4, 0.5) is 0 Å². The van der Waals surface area contributed by atoms with E-state index in [0.717, 1.165) is 63.7 Å². The number of carbonyl (C=O) groups is 3. The van der Waals surface area contributed by atoms with E-state index in [9.17, 15) is 14.4 Å². The van der Waals surface area contributed by atoms with E-state index in [2.05, 4.69) is 27.7 Å². The maximum atomic E-state index is 12.8. The van der Waals surface area contributed by atoms with Gasteiger partial charge in [-0.2, -0.15) is 0 Å². The fourth-order valence-corrected chi connectivity index (χ4v) is 7.86. The zero-order valence-corrected chi connectivity index (χ0v) is 39.5. The van der Waals surface area contributed by atoms with Crippen LogP contribution < -0.4 is 0 Å². The highest BCUT2D eigenvalue weighted by Crippen LogP contribution is 2.17. The third-order valence-electron chi connectivity index (χ3n) is 11.8. The largest absolute Gasteiger partial charge is 0.462 e. The molecule has 0 aliphatic carbocycles. The van der Waals surface area contributed by atoms with Crippen LogP contribution in [0.2, 0.25) is 0 Å². The molecule has 0 radical (unpaired) electrons. The molecule has 0 fully saturated rings. The number of carbonyl (C=O) groups excluding carboxylic acids is 3. The normalized spacial score (nSPS) is 11.9. The number of rotatable bonds is 47. The molecule has 1 atom stereocenters. The summed E-state index contributed by atoms with van der Waals surface area (Å²) in [6.07, 6.45) is 48.1. The van der Waals surface area contributed by atoms with Crippen molar-refractivity contribution in [3.05, 3.63) is 0 Å². The number of ether oxygens (including phenoxy) is 3. The van der Waals surface area contributed by atoms with Gasteiger partial charge in [-0.3, -0.25) is 14.4 Å². The predicted molar refractivity (Wildman–Crippen MR) is 247 cm³/mol. The Morgan fingerprint density at radius 2 is 0.569 bits per heavy atom. The van der Waals surface area contributed by atoms with Crippen molar-refractivity contribution in [2.24, 2.45) is 5.92 Å². The van der Waals surface area contributed by atoms with Crippen molar-refractivity contribution in [2.75, 3.05) is 13.2 Å². The maximum absolute atomic E-state index is 12.8. The topological polar surface area (TPSA) is 78.9 Å². The molecule has 0 amide bonds. The quantitative estimate of drug-likeness (QED) is 0.0346. The van der Waals surface area contributed by atoms with E-state index in [1.807, 2.05) is 0 Å². The first-order valence-corrected chi connectivity index (χ1v) is 25.9. The highest BCUT2D eigenvalue weighted by molar-refractivity contribution is 5.71. The van der Waals surface area contributed by atoms with Crippen molar-refractivity contribution in [3.8, 4) is 0 Å². The van der Waals surface area contributed by atoms with Crippen molar-refractivity contribution in [1.29, 1.82) is 0 Å². The number of esters is 3. The summed E-state index contributed by atoms with van der Waals surface area (Å²) in [7, 11) is 0. The Labute approximate surface area is 361 Å². The van der Waals surface area contributed by atoms with Crippen LogP contribution in [-0.2, 0) is 28.6 Å². The average Bonchev–Trinajstić information content (AvgIpc) is 3.21. The molecular formula is C52H100O6. The van der Waals surface area contributed by atoms with Gasteiger partial charge in [0, 0.05) is 19.3 Å². The van der Waals surface area contributed by atoms with Crippen molar-refractivity contribution in [2.45, 2.75) is 297 Å². The van der Waals surface area contributed by atoms with E-state index in [4.69, 9.17) is 14.2 Å². The van der Waals surface area contributed by atoms with Crippen LogP contribution in [0, 0.1) is 5.92 Å². The summed E-state index contributed by atoms with van der Waals surface area (Å²) in [5.74, 6) is -0.0502. The van der Waals surface area contributed by atoms with Gasteiger partial charge in [0.15, 0.2) is 6.10 Å². The van der Waals surface area contributed by atoms with Crippen LogP contribution in [0.1, 0.15) is 291 Å². The fraction of sp³-hybridized carbons (Fsp3) is 0.942. The minimum atomic E-state index is -0.760. The third kappa shape index (κ3) is 45.5. The van der Waals surface area contributed by atoms with Crippen LogP contribution in [0.3, 0.4) is 0 Å². The second-order valence-electron chi connectivity index (χ2n) is 18.3. The van der Waals surface area contributed by atoms with Gasteiger partial charge >= 0.3 is 17.9 Å². The molecule has 0 unspecified atom stereocenters. The lowest BCUT2D eigenvalue weighted by Crippen LogP contribution is -2.30. The van der Waals surface area contributed by atoms with E-state index >= 15 is 0 Å². The minimum Gasteiger partial charge on any atom is -0.462 e. The van der Waals surface area contributed by atoms with Crippen LogP contribution in [0.5, 0.6) is 0 Å². The first-order valence-electron chi connectivity index (χ1n) is 25.9. The van der Waals surface area contributed by atoms with E-state index in [-0.39, 0.29) is 31.1 Å². The molecule has 6 heteroatoms. The second-order valence-corrected chi connectivity index (χ2v) is 18.3. The predicted octanol–water partition coefficient (Wildman–Crippen LogP) is 16.7. The number of unbranched alkanes of at least 4 members (excludes halogenated alkanes) is 34. The molecule has 0 heterocycles. The van der Waals surface area contributed by atoms with Gasteiger partial charge < -0.3 is 14.2 Å². The fourth-order valence-electron chi connectivity index (χ4n) is 7.86. The zero-order chi connectivity index (χ0) is 42.4. The molecule has 0 aromatic carbocycles. The zero-order valence-electron chi connectivity index (χ0n) is 39.5. The summed E-state index contributed by atoms with van der Waals surface area (Å²) in [5, 5.41) is 0. The van der Waals surface area contributed by atoms with Crippen LogP contribution in [0.25, 0.3) is 0 Å². The van der Waals surface area contributed by atoms with Crippen LogP contribution >= 0.6 is 0 Å². The smallest absolute Gasteiger partial charge is 0.306 e. The lowest BCUT2D eigenvalue weighted by molar-refractivity contribution is -0.167. The molecule has 0 bridgehead atoms. The maximum Gasteiger partial charge on any atom is 0.306 e. The van der Waals surface area contributed by atoms with Gasteiger partial charge in [0.2, 0.25) is 0 Å². The van der Waals surface area contributed by atoms with Crippen LogP contribution in [0.15, 0.2) is 0 Å². The summed E-state index contributed by atoms with van der Waals surface area (Å²) < 4.78 is 16.8. The average molecular weight is 821 g/mol. The Kier molecular flexibility index (Phi) is 45.2. The third-order valence-corrected chi connectivity index (χ3v) is 11.8. The molecule has 58 heavy (non-hydrogen) atoms. The van der Waals surface area contributed by atoms with Crippen molar-refractivity contribution in [1.82, 2.24) is 0 Å². The Hall–Kier alpha value is -1.59. The first-order chi connectivity index (χ1) is 28.4. The van der Waals surface area contributed by atoms with E-state index in [1.54, 1.807) is 0 Å². The molecule has 0 aromatic heterocycles. The van der Waals surface area contributed by atoms with Gasteiger partial charge in [0.05, 0.1) is 0 Å². The van der Waals surface area contributed by atoms with Gasteiger partial charge in [-0.15, -0.1) is 0 Å². The highest BCUT2D eigenvalue weighted by Gasteiger charge is 2.19.